The predicted octanol–water partition coefficient (Wildman–Crippen LogP) is 3.78. The number of aromatic nitrogens is 1. The van der Waals surface area contributed by atoms with Crippen LogP contribution in [0.3, 0.4) is 0 Å². The first-order valence-electron chi connectivity index (χ1n) is 7.55. The number of para-hydroxylation sites is 1. The van der Waals surface area contributed by atoms with Crippen molar-refractivity contribution in [3.05, 3.63) is 24.3 Å². The molecule has 0 radical (unpaired) electrons. The van der Waals surface area contributed by atoms with Gasteiger partial charge in [-0.15, -0.1) is 0 Å². The molecule has 118 valence electrons. The summed E-state index contributed by atoms with van der Waals surface area (Å²) in [5, 5.41) is 8.00. The van der Waals surface area contributed by atoms with Gasteiger partial charge in [-0.2, -0.15) is 5.10 Å². The van der Waals surface area contributed by atoms with E-state index in [1.807, 2.05) is 31.2 Å². The molecule has 0 aliphatic rings. The molecule has 2 N–H and O–H groups in total. The Morgan fingerprint density at radius 2 is 2.18 bits per heavy atom. The maximum Gasteiger partial charge on any atom is 0.262 e. The van der Waals surface area contributed by atoms with Gasteiger partial charge in [0.25, 0.3) is 5.91 Å². The zero-order chi connectivity index (χ0) is 15.9. The lowest BCUT2D eigenvalue weighted by Crippen LogP contribution is -2.35. The largest absolute Gasteiger partial charge is 0.350 e. The van der Waals surface area contributed by atoms with Gasteiger partial charge in [-0.25, -0.2) is 10.4 Å². The number of hydrogen-bond donors (Lipinski definition) is 2. The third-order valence-corrected chi connectivity index (χ3v) is 4.24. The summed E-state index contributed by atoms with van der Waals surface area (Å²) >= 11 is 1.54. The Morgan fingerprint density at radius 3 is 2.91 bits per heavy atom. The van der Waals surface area contributed by atoms with Gasteiger partial charge >= 0.3 is 0 Å². The number of benzene rings is 1. The quantitative estimate of drug-likeness (QED) is 0.603. The second-order valence-corrected chi connectivity index (χ2v) is 6.31. The third kappa shape index (κ3) is 4.53. The maximum absolute atomic E-state index is 12.0. The summed E-state index contributed by atoms with van der Waals surface area (Å²) in [4.78, 5) is 16.5. The van der Waals surface area contributed by atoms with Crippen LogP contribution in [0.25, 0.3) is 10.2 Å². The van der Waals surface area contributed by atoms with Crippen molar-refractivity contribution in [2.75, 3.05) is 5.32 Å². The van der Waals surface area contributed by atoms with Crippen LogP contribution in [0, 0.1) is 0 Å². The van der Waals surface area contributed by atoms with Crippen molar-refractivity contribution in [2.45, 2.75) is 46.1 Å². The average molecular weight is 318 g/mol. The van der Waals surface area contributed by atoms with E-state index in [0.717, 1.165) is 40.3 Å². The Bertz CT molecular complexity index is 632. The van der Waals surface area contributed by atoms with Gasteiger partial charge < -0.3 is 5.32 Å². The molecule has 1 aromatic heterocycles. The summed E-state index contributed by atoms with van der Waals surface area (Å²) in [5.74, 6) is -0.157. The van der Waals surface area contributed by atoms with Gasteiger partial charge in [-0.1, -0.05) is 36.8 Å². The Kier molecular flexibility index (Phi) is 5.89. The topological polar surface area (TPSA) is 66.4 Å². The number of rotatable bonds is 7. The summed E-state index contributed by atoms with van der Waals surface area (Å²) in [6, 6.07) is 7.53. The summed E-state index contributed by atoms with van der Waals surface area (Å²) in [7, 11) is 0. The number of carbonyl (C=O) groups excluding carboxylic acids is 1. The van der Waals surface area contributed by atoms with Crippen LogP contribution in [0.4, 0.5) is 5.13 Å². The summed E-state index contributed by atoms with van der Waals surface area (Å²) in [6.07, 6.45) is 3.12. The fourth-order valence-electron chi connectivity index (χ4n) is 1.92. The molecular weight excluding hydrogens is 296 g/mol. The molecule has 1 atom stereocenters. The van der Waals surface area contributed by atoms with Crippen molar-refractivity contribution in [3.63, 3.8) is 0 Å². The highest BCUT2D eigenvalue weighted by Gasteiger charge is 2.14. The Morgan fingerprint density at radius 1 is 1.41 bits per heavy atom. The molecule has 2 aromatic rings. The van der Waals surface area contributed by atoms with Gasteiger partial charge in [0, 0.05) is 5.71 Å². The molecule has 1 aromatic carbocycles. The molecule has 0 aliphatic carbocycles. The van der Waals surface area contributed by atoms with Gasteiger partial charge in [0.15, 0.2) is 5.13 Å². The first kappa shape index (κ1) is 16.4. The molecule has 0 saturated carbocycles. The van der Waals surface area contributed by atoms with Crippen molar-refractivity contribution in [2.24, 2.45) is 5.10 Å². The van der Waals surface area contributed by atoms with E-state index in [4.69, 9.17) is 0 Å². The van der Waals surface area contributed by atoms with E-state index >= 15 is 0 Å². The number of nitrogens with one attached hydrogen (secondary N) is 2. The van der Waals surface area contributed by atoms with Crippen LogP contribution in [-0.4, -0.2) is 22.6 Å². The molecule has 1 amide bonds. The van der Waals surface area contributed by atoms with Crippen molar-refractivity contribution < 1.29 is 4.79 Å². The standard InChI is InChI=1S/C16H22N4OS/c1-4-5-8-11(2)19-20-15(21)12(3)17-16-18-13-9-6-7-10-14(13)22-16/h6-7,9-10,12H,4-5,8H2,1-3H3,(H,17,18)(H,20,21)/b19-11-/t12-/m0/s1. The maximum atomic E-state index is 12.0. The molecule has 0 saturated heterocycles. The van der Waals surface area contributed by atoms with Crippen LogP contribution < -0.4 is 10.7 Å². The number of thiazole rings is 1. The molecule has 0 aliphatic heterocycles. The third-order valence-electron chi connectivity index (χ3n) is 3.28. The number of hydrazone groups is 1. The molecule has 0 bridgehead atoms. The first-order chi connectivity index (χ1) is 10.6. The Balaban J connectivity index is 1.90. The van der Waals surface area contributed by atoms with Gasteiger partial charge in [-0.05, 0) is 38.8 Å². The van der Waals surface area contributed by atoms with Crippen LogP contribution in [0.1, 0.15) is 40.0 Å². The van der Waals surface area contributed by atoms with Crippen molar-refractivity contribution in [1.29, 1.82) is 0 Å². The van der Waals surface area contributed by atoms with E-state index in [1.54, 1.807) is 18.3 Å². The van der Waals surface area contributed by atoms with Crippen LogP contribution in [0.5, 0.6) is 0 Å². The summed E-state index contributed by atoms with van der Waals surface area (Å²) in [6.45, 7) is 5.87. The monoisotopic (exact) mass is 318 g/mol. The Hall–Kier alpha value is -1.95. The second kappa shape index (κ2) is 7.89. The normalized spacial score (nSPS) is 13.1. The van der Waals surface area contributed by atoms with Crippen LogP contribution in [-0.2, 0) is 4.79 Å². The average Bonchev–Trinajstić information content (AvgIpc) is 2.92. The van der Waals surface area contributed by atoms with Crippen molar-refractivity contribution in [1.82, 2.24) is 10.4 Å². The van der Waals surface area contributed by atoms with Gasteiger partial charge in [0.2, 0.25) is 0 Å². The molecule has 0 spiro atoms. The van der Waals surface area contributed by atoms with Crippen molar-refractivity contribution >= 4 is 38.3 Å². The SMILES string of the molecule is CCCC/C(C)=N\NC(=O)[C@H](C)Nc1nc2ccccc2s1. The summed E-state index contributed by atoms with van der Waals surface area (Å²) < 4.78 is 1.10. The highest BCUT2D eigenvalue weighted by atomic mass is 32.1. The zero-order valence-electron chi connectivity index (χ0n) is 13.2. The molecule has 2 rings (SSSR count). The van der Waals surface area contributed by atoms with E-state index in [-0.39, 0.29) is 11.9 Å². The summed E-state index contributed by atoms with van der Waals surface area (Å²) in [5.41, 5.74) is 4.50. The minimum absolute atomic E-state index is 0.157. The van der Waals surface area contributed by atoms with Crippen molar-refractivity contribution in [3.8, 4) is 0 Å². The van der Waals surface area contributed by atoms with E-state index < -0.39 is 0 Å². The van der Waals surface area contributed by atoms with E-state index in [0.29, 0.717) is 0 Å². The highest BCUT2D eigenvalue weighted by Crippen LogP contribution is 2.25. The zero-order valence-corrected chi connectivity index (χ0v) is 14.0. The highest BCUT2D eigenvalue weighted by molar-refractivity contribution is 7.22. The molecule has 0 fully saturated rings. The number of unbranched alkanes of at least 4 members (excludes halogenated alkanes) is 1. The number of nitrogens with zero attached hydrogens (tertiary/aromatic N) is 2. The number of amides is 1. The lowest BCUT2D eigenvalue weighted by atomic mass is 10.2. The van der Waals surface area contributed by atoms with E-state index in [1.165, 1.54) is 0 Å². The van der Waals surface area contributed by atoms with Crippen LogP contribution in [0.2, 0.25) is 0 Å². The predicted molar refractivity (Wildman–Crippen MR) is 93.5 cm³/mol. The number of hydrogen-bond acceptors (Lipinski definition) is 5. The number of anilines is 1. The molecule has 6 heteroatoms. The second-order valence-electron chi connectivity index (χ2n) is 5.28. The number of carbonyl (C=O) groups is 1. The van der Waals surface area contributed by atoms with Crippen LogP contribution in [0.15, 0.2) is 29.4 Å². The number of fused-ring (bicyclic) bond motifs is 1. The molecule has 1 heterocycles. The Labute approximate surface area is 134 Å². The minimum Gasteiger partial charge on any atom is -0.350 e. The molecule has 5 nitrogen and oxygen atoms in total. The van der Waals surface area contributed by atoms with E-state index in [9.17, 15) is 4.79 Å². The van der Waals surface area contributed by atoms with Crippen LogP contribution >= 0.6 is 11.3 Å². The molecule has 22 heavy (non-hydrogen) atoms. The fourth-order valence-corrected chi connectivity index (χ4v) is 2.87. The van der Waals surface area contributed by atoms with Gasteiger partial charge in [-0.3, -0.25) is 4.79 Å². The van der Waals surface area contributed by atoms with Gasteiger partial charge in [0.1, 0.15) is 6.04 Å². The first-order valence-corrected chi connectivity index (χ1v) is 8.37. The van der Waals surface area contributed by atoms with E-state index in [2.05, 4.69) is 27.8 Å². The fraction of sp³-hybridized carbons (Fsp3) is 0.438. The lowest BCUT2D eigenvalue weighted by molar-refractivity contribution is -0.121. The lowest BCUT2D eigenvalue weighted by Gasteiger charge is -2.11. The molecular formula is C16H22N4OS. The smallest absolute Gasteiger partial charge is 0.262 e. The minimum atomic E-state index is -0.386. The molecule has 0 unspecified atom stereocenters. The van der Waals surface area contributed by atoms with Gasteiger partial charge in [0.05, 0.1) is 10.2 Å².